The van der Waals surface area contributed by atoms with E-state index in [-0.39, 0.29) is 17.2 Å². The number of nitrogens with one attached hydrogen (secondary N) is 1. The molecule has 0 unspecified atom stereocenters. The Hall–Kier alpha value is -3.37. The Morgan fingerprint density at radius 2 is 1.97 bits per heavy atom. The fourth-order valence-corrected chi connectivity index (χ4v) is 4.43. The molecule has 4 rings (SSSR count). The number of nitrogens with zero attached hydrogens (tertiary/aromatic N) is 4. The van der Waals surface area contributed by atoms with Crippen LogP contribution >= 0.6 is 11.6 Å². The predicted octanol–water partition coefficient (Wildman–Crippen LogP) is 5.11. The van der Waals surface area contributed by atoms with Gasteiger partial charge in [-0.05, 0) is 30.7 Å². The molecule has 0 bridgehead atoms. The fourth-order valence-electron chi connectivity index (χ4n) is 4.25. The molecule has 37 heavy (non-hydrogen) atoms. The third-order valence-corrected chi connectivity index (χ3v) is 6.57. The first-order valence-electron chi connectivity index (χ1n) is 12.1. The van der Waals surface area contributed by atoms with Gasteiger partial charge in [0.15, 0.2) is 11.5 Å². The first-order valence-corrected chi connectivity index (χ1v) is 12.5. The number of amides is 2. The lowest BCUT2D eigenvalue weighted by molar-refractivity contribution is 0.0948. The largest absolute Gasteiger partial charge is 0.493 e. The SMILES string of the molecule is COCCCN(C)C(=O)N1CCC(Oc2cc3c(Nc4ccc(F)c(Cl)c4)ncnc3cc2OC)CC1. The van der Waals surface area contributed by atoms with Crippen LogP contribution in [0, 0.1) is 5.82 Å². The van der Waals surface area contributed by atoms with Gasteiger partial charge in [0.25, 0.3) is 0 Å². The number of halogens is 2. The van der Waals surface area contributed by atoms with Crippen LogP contribution in [-0.4, -0.2) is 79.4 Å². The average molecular weight is 532 g/mol. The molecule has 0 saturated carbocycles. The van der Waals surface area contributed by atoms with E-state index in [9.17, 15) is 9.18 Å². The van der Waals surface area contributed by atoms with Crippen molar-refractivity contribution in [3.05, 3.63) is 47.5 Å². The van der Waals surface area contributed by atoms with E-state index in [4.69, 9.17) is 25.8 Å². The molecule has 1 N–H and O–H groups in total. The summed E-state index contributed by atoms with van der Waals surface area (Å²) >= 11 is 5.93. The molecule has 0 atom stereocenters. The van der Waals surface area contributed by atoms with Gasteiger partial charge in [-0.15, -0.1) is 0 Å². The Labute approximate surface area is 220 Å². The average Bonchev–Trinajstić information content (AvgIpc) is 2.91. The zero-order valence-corrected chi connectivity index (χ0v) is 21.9. The van der Waals surface area contributed by atoms with Crippen LogP contribution in [0.15, 0.2) is 36.7 Å². The number of likely N-dealkylation sites (tertiary alicyclic amines) is 1. The number of fused-ring (bicyclic) bond motifs is 1. The highest BCUT2D eigenvalue weighted by atomic mass is 35.5. The molecule has 1 aromatic heterocycles. The molecule has 1 aliphatic heterocycles. The number of urea groups is 1. The lowest BCUT2D eigenvalue weighted by atomic mass is 10.1. The molecule has 1 saturated heterocycles. The van der Waals surface area contributed by atoms with Crippen molar-refractivity contribution in [2.75, 3.05) is 52.8 Å². The number of hydrogen-bond donors (Lipinski definition) is 1. The van der Waals surface area contributed by atoms with E-state index in [0.717, 1.165) is 6.42 Å². The molecular formula is C26H31ClFN5O4. The topological polar surface area (TPSA) is 89.1 Å². The zero-order valence-electron chi connectivity index (χ0n) is 21.2. The smallest absolute Gasteiger partial charge is 0.319 e. The van der Waals surface area contributed by atoms with Gasteiger partial charge in [0.2, 0.25) is 0 Å². The number of anilines is 2. The second kappa shape index (κ2) is 12.2. The minimum absolute atomic E-state index is 0.0139. The van der Waals surface area contributed by atoms with Crippen LogP contribution in [0.2, 0.25) is 5.02 Å². The second-order valence-corrected chi connectivity index (χ2v) is 9.26. The highest BCUT2D eigenvalue weighted by molar-refractivity contribution is 6.31. The van der Waals surface area contributed by atoms with Crippen LogP contribution in [0.5, 0.6) is 11.5 Å². The summed E-state index contributed by atoms with van der Waals surface area (Å²) in [7, 11) is 5.05. The molecule has 11 heteroatoms. The Bertz CT molecular complexity index is 1240. The molecular weight excluding hydrogens is 501 g/mol. The van der Waals surface area contributed by atoms with Crippen LogP contribution in [0.25, 0.3) is 10.9 Å². The van der Waals surface area contributed by atoms with E-state index in [1.54, 1.807) is 31.3 Å². The summed E-state index contributed by atoms with van der Waals surface area (Å²) in [4.78, 5) is 25.0. The van der Waals surface area contributed by atoms with Crippen molar-refractivity contribution in [1.82, 2.24) is 19.8 Å². The third-order valence-electron chi connectivity index (χ3n) is 6.28. The van der Waals surface area contributed by atoms with Crippen molar-refractivity contribution >= 4 is 40.0 Å². The quantitative estimate of drug-likeness (QED) is 0.384. The third kappa shape index (κ3) is 6.50. The second-order valence-electron chi connectivity index (χ2n) is 8.85. The monoisotopic (exact) mass is 531 g/mol. The Kier molecular flexibility index (Phi) is 8.83. The fraction of sp³-hybridized carbons (Fsp3) is 0.423. The van der Waals surface area contributed by atoms with Gasteiger partial charge in [0.05, 0.1) is 17.6 Å². The van der Waals surface area contributed by atoms with E-state index in [1.165, 1.54) is 18.5 Å². The molecule has 2 amide bonds. The maximum atomic E-state index is 13.6. The summed E-state index contributed by atoms with van der Waals surface area (Å²) in [6, 6.07) is 8.02. The molecule has 0 radical (unpaired) electrons. The molecule has 1 fully saturated rings. The summed E-state index contributed by atoms with van der Waals surface area (Å²) in [5, 5.41) is 3.90. The number of methoxy groups -OCH3 is 2. The normalized spacial score (nSPS) is 14.0. The van der Waals surface area contributed by atoms with E-state index in [1.807, 2.05) is 18.0 Å². The van der Waals surface area contributed by atoms with E-state index < -0.39 is 5.82 Å². The van der Waals surface area contributed by atoms with Gasteiger partial charge >= 0.3 is 6.03 Å². The predicted molar refractivity (Wildman–Crippen MR) is 141 cm³/mol. The number of piperidine rings is 1. The molecule has 0 aliphatic carbocycles. The number of rotatable bonds is 9. The van der Waals surface area contributed by atoms with Crippen LogP contribution in [0.1, 0.15) is 19.3 Å². The van der Waals surface area contributed by atoms with E-state index in [2.05, 4.69) is 15.3 Å². The standard InChI is InChI=1S/C26H31ClFN5O4/c1-32(9-4-12-35-2)26(34)33-10-7-18(8-11-33)37-24-14-19-22(15-23(24)36-3)29-16-30-25(19)31-17-5-6-21(28)20(27)13-17/h5-6,13-16,18H,4,7-12H2,1-3H3,(H,29,30,31). The van der Waals surface area contributed by atoms with E-state index >= 15 is 0 Å². The molecule has 2 aromatic carbocycles. The number of carbonyl (C=O) groups is 1. The highest BCUT2D eigenvalue weighted by Gasteiger charge is 2.26. The van der Waals surface area contributed by atoms with Crippen molar-refractivity contribution in [1.29, 1.82) is 0 Å². The van der Waals surface area contributed by atoms with Crippen molar-refractivity contribution < 1.29 is 23.4 Å². The van der Waals surface area contributed by atoms with Gasteiger partial charge in [0, 0.05) is 70.4 Å². The van der Waals surface area contributed by atoms with Crippen molar-refractivity contribution in [3.63, 3.8) is 0 Å². The Balaban J connectivity index is 1.46. The summed E-state index contributed by atoms with van der Waals surface area (Å²) in [6.07, 6.45) is 3.56. The van der Waals surface area contributed by atoms with Crippen LogP contribution in [0.4, 0.5) is 20.7 Å². The molecule has 3 aromatic rings. The summed E-state index contributed by atoms with van der Waals surface area (Å²) in [6.45, 7) is 2.49. The zero-order chi connectivity index (χ0) is 26.4. The summed E-state index contributed by atoms with van der Waals surface area (Å²) in [5.74, 6) is 1.15. The van der Waals surface area contributed by atoms with Gasteiger partial charge in [-0.25, -0.2) is 19.2 Å². The first kappa shape index (κ1) is 26.7. The molecule has 9 nitrogen and oxygen atoms in total. The van der Waals surface area contributed by atoms with E-state index in [0.29, 0.717) is 73.0 Å². The summed E-state index contributed by atoms with van der Waals surface area (Å²) in [5.41, 5.74) is 1.25. The molecule has 198 valence electrons. The summed E-state index contributed by atoms with van der Waals surface area (Å²) < 4.78 is 30.6. The molecule has 1 aliphatic rings. The highest BCUT2D eigenvalue weighted by Crippen LogP contribution is 2.36. The number of carbonyl (C=O) groups excluding carboxylic acids is 1. The van der Waals surface area contributed by atoms with Gasteiger partial charge in [0.1, 0.15) is 24.1 Å². The first-order chi connectivity index (χ1) is 17.9. The number of aromatic nitrogens is 2. The van der Waals surface area contributed by atoms with Crippen molar-refractivity contribution in [2.45, 2.75) is 25.4 Å². The van der Waals surface area contributed by atoms with Gasteiger partial charge in [-0.2, -0.15) is 0 Å². The minimum Gasteiger partial charge on any atom is -0.493 e. The van der Waals surface area contributed by atoms with Crippen molar-refractivity contribution in [3.8, 4) is 11.5 Å². The van der Waals surface area contributed by atoms with Crippen LogP contribution < -0.4 is 14.8 Å². The number of hydrogen-bond acceptors (Lipinski definition) is 7. The molecule has 0 spiro atoms. The van der Waals surface area contributed by atoms with Crippen LogP contribution in [-0.2, 0) is 4.74 Å². The van der Waals surface area contributed by atoms with Gasteiger partial charge in [-0.1, -0.05) is 11.6 Å². The number of ether oxygens (including phenoxy) is 3. The van der Waals surface area contributed by atoms with Gasteiger partial charge < -0.3 is 29.3 Å². The lowest BCUT2D eigenvalue weighted by Gasteiger charge is -2.34. The van der Waals surface area contributed by atoms with Gasteiger partial charge in [-0.3, -0.25) is 0 Å². The lowest BCUT2D eigenvalue weighted by Crippen LogP contribution is -2.47. The maximum Gasteiger partial charge on any atom is 0.319 e. The van der Waals surface area contributed by atoms with Crippen LogP contribution in [0.3, 0.4) is 0 Å². The van der Waals surface area contributed by atoms with Crippen molar-refractivity contribution in [2.24, 2.45) is 0 Å². The maximum absolute atomic E-state index is 13.6. The Morgan fingerprint density at radius 3 is 2.68 bits per heavy atom. The minimum atomic E-state index is -0.495. The Morgan fingerprint density at radius 1 is 1.19 bits per heavy atom. The number of benzene rings is 2. The molecule has 2 heterocycles.